The van der Waals surface area contributed by atoms with E-state index in [1.165, 1.54) is 0 Å². The summed E-state index contributed by atoms with van der Waals surface area (Å²) in [6, 6.07) is 32.5. The highest BCUT2D eigenvalue weighted by Gasteiger charge is 2.39. The Balaban J connectivity index is 1.06. The Labute approximate surface area is 306 Å². The number of benzene rings is 4. The number of nitrogens with zero attached hydrogens (tertiary/aromatic N) is 4. The summed E-state index contributed by atoms with van der Waals surface area (Å²) in [5.41, 5.74) is 5.02. The van der Waals surface area contributed by atoms with Crippen LogP contribution in [0.1, 0.15) is 48.9 Å². The third-order valence-corrected chi connectivity index (χ3v) is 10.0. The second kappa shape index (κ2) is 16.4. The first kappa shape index (κ1) is 36.5. The van der Waals surface area contributed by atoms with Gasteiger partial charge < -0.3 is 20.4 Å². The lowest BCUT2D eigenvalue weighted by Gasteiger charge is -2.31. The van der Waals surface area contributed by atoms with Crippen molar-refractivity contribution in [3.63, 3.8) is 0 Å². The van der Waals surface area contributed by atoms with Crippen molar-refractivity contribution in [2.24, 2.45) is 0 Å². The molecule has 6 rings (SSSR count). The number of likely N-dealkylation sites (N-methyl/N-ethyl adjacent to an activating group) is 2. The van der Waals surface area contributed by atoms with Gasteiger partial charge in [-0.15, -0.1) is 0 Å². The van der Waals surface area contributed by atoms with Crippen LogP contribution in [0.2, 0.25) is 0 Å². The van der Waals surface area contributed by atoms with Crippen LogP contribution in [-0.4, -0.2) is 96.6 Å². The number of amides is 4. The maximum Gasteiger partial charge on any atom is 0.247 e. The monoisotopic (exact) mass is 700 g/mol. The Morgan fingerprint density at radius 1 is 0.538 bits per heavy atom. The van der Waals surface area contributed by atoms with Crippen LogP contribution in [0.4, 0.5) is 11.4 Å². The first-order chi connectivity index (χ1) is 25.1. The van der Waals surface area contributed by atoms with Crippen LogP contribution >= 0.6 is 0 Å². The summed E-state index contributed by atoms with van der Waals surface area (Å²) >= 11 is 0. The zero-order valence-corrected chi connectivity index (χ0v) is 30.4. The average Bonchev–Trinajstić information content (AvgIpc) is 3.85. The van der Waals surface area contributed by atoms with Crippen molar-refractivity contribution in [2.75, 3.05) is 51.9 Å². The Kier molecular flexibility index (Phi) is 11.5. The Morgan fingerprint density at radius 3 is 1.21 bits per heavy atom. The number of carbonyl (C=O) groups is 4. The van der Waals surface area contributed by atoms with Crippen LogP contribution in [0.25, 0.3) is 11.1 Å². The quantitative estimate of drug-likeness (QED) is 0.205. The summed E-state index contributed by atoms with van der Waals surface area (Å²) in [7, 11) is 7.53. The second-order valence-corrected chi connectivity index (χ2v) is 14.1. The molecule has 0 aliphatic carbocycles. The maximum atomic E-state index is 13.7. The molecular formula is C42H48N6O4. The van der Waals surface area contributed by atoms with Gasteiger partial charge in [-0.2, -0.15) is 0 Å². The minimum Gasteiger partial charge on any atom is -0.329 e. The van der Waals surface area contributed by atoms with Gasteiger partial charge in [-0.1, -0.05) is 84.9 Å². The van der Waals surface area contributed by atoms with Gasteiger partial charge in [0.15, 0.2) is 0 Å². The van der Waals surface area contributed by atoms with E-state index in [0.29, 0.717) is 37.3 Å². The summed E-state index contributed by atoms with van der Waals surface area (Å²) in [6.45, 7) is 1.09. The van der Waals surface area contributed by atoms with Crippen LogP contribution in [0.15, 0.2) is 109 Å². The molecule has 0 bridgehead atoms. The molecule has 4 aromatic rings. The van der Waals surface area contributed by atoms with Crippen LogP contribution in [0, 0.1) is 0 Å². The molecule has 2 aliphatic rings. The van der Waals surface area contributed by atoms with Crippen LogP contribution < -0.4 is 10.6 Å². The molecule has 4 aromatic carbocycles. The molecule has 0 aromatic heterocycles. The van der Waals surface area contributed by atoms with E-state index in [9.17, 15) is 19.2 Å². The first-order valence-electron chi connectivity index (χ1n) is 18.0. The highest BCUT2D eigenvalue weighted by Crippen LogP contribution is 2.30. The van der Waals surface area contributed by atoms with E-state index in [1.54, 1.807) is 9.80 Å². The van der Waals surface area contributed by atoms with E-state index in [-0.39, 0.29) is 23.6 Å². The van der Waals surface area contributed by atoms with Crippen molar-refractivity contribution in [2.45, 2.75) is 49.9 Å². The van der Waals surface area contributed by atoms with Gasteiger partial charge in [-0.3, -0.25) is 29.0 Å². The molecule has 0 spiro atoms. The molecule has 2 heterocycles. The smallest absolute Gasteiger partial charge is 0.247 e. The van der Waals surface area contributed by atoms with Crippen molar-refractivity contribution < 1.29 is 19.2 Å². The molecule has 10 heteroatoms. The van der Waals surface area contributed by atoms with E-state index in [2.05, 4.69) is 10.6 Å². The summed E-state index contributed by atoms with van der Waals surface area (Å²) in [5, 5.41) is 6.04. The number of likely N-dealkylation sites (tertiary alicyclic amines) is 2. The van der Waals surface area contributed by atoms with Crippen LogP contribution in [-0.2, 0) is 19.2 Å². The van der Waals surface area contributed by atoms with Gasteiger partial charge in [0.2, 0.25) is 23.6 Å². The fraction of sp³-hybridized carbons (Fsp3) is 0.333. The third-order valence-electron chi connectivity index (χ3n) is 10.0. The molecular weight excluding hydrogens is 652 g/mol. The van der Waals surface area contributed by atoms with Gasteiger partial charge in [-0.25, -0.2) is 0 Å². The molecule has 10 nitrogen and oxygen atoms in total. The first-order valence-corrected chi connectivity index (χ1v) is 18.0. The van der Waals surface area contributed by atoms with Crippen LogP contribution in [0.3, 0.4) is 0 Å². The summed E-state index contributed by atoms with van der Waals surface area (Å²) < 4.78 is 0. The van der Waals surface area contributed by atoms with Crippen molar-refractivity contribution in [1.29, 1.82) is 0 Å². The molecule has 2 aliphatic heterocycles. The maximum absolute atomic E-state index is 13.7. The van der Waals surface area contributed by atoms with Gasteiger partial charge in [0, 0.05) is 24.5 Å². The van der Waals surface area contributed by atoms with E-state index in [0.717, 1.165) is 35.1 Å². The predicted molar refractivity (Wildman–Crippen MR) is 204 cm³/mol. The summed E-state index contributed by atoms with van der Waals surface area (Å²) in [5.74, 6) is -0.522. The number of hydrogen-bond donors (Lipinski definition) is 2. The molecule has 52 heavy (non-hydrogen) atoms. The number of rotatable bonds is 11. The number of nitrogens with one attached hydrogen (secondary N) is 2. The van der Waals surface area contributed by atoms with Crippen molar-refractivity contribution in [1.82, 2.24) is 19.6 Å². The molecule has 2 fully saturated rings. The Bertz CT molecular complexity index is 1710. The minimum atomic E-state index is -0.534. The molecule has 2 N–H and O–H groups in total. The van der Waals surface area contributed by atoms with Crippen LogP contribution in [0.5, 0.6) is 0 Å². The lowest BCUT2D eigenvalue weighted by molar-refractivity contribution is -0.141. The molecule has 0 radical (unpaired) electrons. The molecule has 270 valence electrons. The van der Waals surface area contributed by atoms with Gasteiger partial charge in [-0.05, 0) is 100 Å². The van der Waals surface area contributed by atoms with E-state index >= 15 is 0 Å². The van der Waals surface area contributed by atoms with Crippen molar-refractivity contribution >= 4 is 35.0 Å². The molecule has 0 saturated carbocycles. The normalized spacial score (nSPS) is 18.3. The minimum absolute atomic E-state index is 0.0704. The zero-order chi connectivity index (χ0) is 36.8. The van der Waals surface area contributed by atoms with Gasteiger partial charge in [0.05, 0.1) is 0 Å². The molecule has 4 atom stereocenters. The Hall–Kier alpha value is -5.32. The van der Waals surface area contributed by atoms with E-state index in [4.69, 9.17) is 0 Å². The van der Waals surface area contributed by atoms with E-state index < -0.39 is 24.2 Å². The van der Waals surface area contributed by atoms with Crippen molar-refractivity contribution in [3.8, 4) is 11.1 Å². The lowest BCUT2D eigenvalue weighted by atomic mass is 10.0. The van der Waals surface area contributed by atoms with Gasteiger partial charge in [0.25, 0.3) is 0 Å². The second-order valence-electron chi connectivity index (χ2n) is 14.1. The average molecular weight is 701 g/mol. The largest absolute Gasteiger partial charge is 0.329 e. The van der Waals surface area contributed by atoms with E-state index in [1.807, 2.05) is 147 Å². The fourth-order valence-corrected chi connectivity index (χ4v) is 7.46. The fourth-order valence-electron chi connectivity index (χ4n) is 7.46. The zero-order valence-electron chi connectivity index (χ0n) is 30.4. The number of anilines is 2. The standard InChI is InChI=1S/C42H48N6O4/c1-45(2)37(31-13-7-5-8-14-31)41(51)47-27-11-17-35(47)39(49)43-33-23-19-29(20-24-33)30-21-25-34(26-22-30)44-40(50)36-18-12-28-48(36)42(52)38(46(3)4)32-15-9-6-10-16-32/h5-10,13-16,19-26,35-38H,11-12,17-18,27-28H2,1-4H3,(H,43,49)(H,44,50)/t35-,36-,37-,38?/m0/s1. The van der Waals surface area contributed by atoms with Crippen molar-refractivity contribution in [3.05, 3.63) is 120 Å². The Morgan fingerprint density at radius 2 is 0.885 bits per heavy atom. The van der Waals surface area contributed by atoms with Gasteiger partial charge >= 0.3 is 0 Å². The molecule has 1 unspecified atom stereocenters. The summed E-state index contributed by atoms with van der Waals surface area (Å²) in [4.78, 5) is 61.5. The number of hydrogen-bond acceptors (Lipinski definition) is 6. The third kappa shape index (κ3) is 8.09. The molecule has 2 saturated heterocycles. The highest BCUT2D eigenvalue weighted by molar-refractivity contribution is 5.99. The topological polar surface area (TPSA) is 105 Å². The summed E-state index contributed by atoms with van der Waals surface area (Å²) in [6.07, 6.45) is 2.78. The highest BCUT2D eigenvalue weighted by atomic mass is 16.2. The number of carbonyl (C=O) groups excluding carboxylic acids is 4. The SMILES string of the molecule is CN(C)C(C(=O)N1CCC[C@H]1C(=O)Nc1ccc(-c2ccc(NC(=O)[C@@H]3CCCN3C(=O)[C@H](c3ccccc3)N(C)C)cc2)cc1)c1ccccc1. The van der Waals surface area contributed by atoms with Gasteiger partial charge in [0.1, 0.15) is 24.2 Å². The molecule has 4 amide bonds. The predicted octanol–water partition coefficient (Wildman–Crippen LogP) is 5.82. The lowest BCUT2D eigenvalue weighted by Crippen LogP contribution is -2.47.